The predicted octanol–water partition coefficient (Wildman–Crippen LogP) is 4.12. The van der Waals surface area contributed by atoms with Crippen LogP contribution in [0, 0.1) is 0 Å². The molecule has 0 saturated heterocycles. The van der Waals surface area contributed by atoms with Crippen molar-refractivity contribution in [3.05, 3.63) is 41.5 Å². The number of hydrogen-bond donors (Lipinski definition) is 0. The Balaban J connectivity index is 1.53. The standard InChI is InChI=1S/C15H13F3N2O2/c16-15(17,18)21-12-4-2-1-3-9(12)10-7-11(10)14-19-13(20-22-14)8-5-6-8/h1-4,8,10-11H,5-7H2. The maximum Gasteiger partial charge on any atom is 0.573 e. The van der Waals surface area contributed by atoms with Gasteiger partial charge < -0.3 is 9.26 Å². The third-order valence-electron chi connectivity index (χ3n) is 4.05. The predicted molar refractivity (Wildman–Crippen MR) is 69.5 cm³/mol. The number of hydrogen-bond acceptors (Lipinski definition) is 4. The van der Waals surface area contributed by atoms with E-state index in [1.54, 1.807) is 12.1 Å². The minimum absolute atomic E-state index is 0.0158. The number of halogens is 3. The van der Waals surface area contributed by atoms with Crippen molar-refractivity contribution in [1.82, 2.24) is 10.1 Å². The molecule has 22 heavy (non-hydrogen) atoms. The lowest BCUT2D eigenvalue weighted by Crippen LogP contribution is -2.18. The van der Waals surface area contributed by atoms with Crippen LogP contribution in [-0.2, 0) is 0 Å². The normalized spacial score (nSPS) is 24.3. The van der Waals surface area contributed by atoms with E-state index in [0.717, 1.165) is 18.7 Å². The van der Waals surface area contributed by atoms with Crippen molar-refractivity contribution in [3.63, 3.8) is 0 Å². The van der Waals surface area contributed by atoms with E-state index in [-0.39, 0.29) is 17.6 Å². The molecule has 0 amide bonds. The fourth-order valence-electron chi connectivity index (χ4n) is 2.72. The summed E-state index contributed by atoms with van der Waals surface area (Å²) in [5.74, 6) is 1.42. The zero-order valence-corrected chi connectivity index (χ0v) is 11.5. The number of nitrogens with zero attached hydrogens (tertiary/aromatic N) is 2. The molecule has 2 unspecified atom stereocenters. The van der Waals surface area contributed by atoms with Crippen LogP contribution >= 0.6 is 0 Å². The van der Waals surface area contributed by atoms with Gasteiger partial charge in [0.25, 0.3) is 0 Å². The molecule has 2 aliphatic rings. The fraction of sp³-hybridized carbons (Fsp3) is 0.467. The maximum atomic E-state index is 12.5. The molecule has 2 aromatic rings. The molecule has 1 aromatic heterocycles. The lowest BCUT2D eigenvalue weighted by molar-refractivity contribution is -0.274. The molecule has 7 heteroatoms. The summed E-state index contributed by atoms with van der Waals surface area (Å²) >= 11 is 0. The van der Waals surface area contributed by atoms with Crippen LogP contribution in [0.15, 0.2) is 28.8 Å². The quantitative estimate of drug-likeness (QED) is 0.852. The van der Waals surface area contributed by atoms with Crippen molar-refractivity contribution >= 4 is 0 Å². The van der Waals surface area contributed by atoms with E-state index < -0.39 is 6.36 Å². The van der Waals surface area contributed by atoms with Crippen LogP contribution in [0.3, 0.4) is 0 Å². The molecule has 1 aromatic carbocycles. The third-order valence-corrected chi connectivity index (χ3v) is 4.05. The first-order valence-corrected chi connectivity index (χ1v) is 7.19. The maximum absolute atomic E-state index is 12.5. The van der Waals surface area contributed by atoms with E-state index >= 15 is 0 Å². The van der Waals surface area contributed by atoms with Gasteiger partial charge in [0.1, 0.15) is 5.75 Å². The van der Waals surface area contributed by atoms with Gasteiger partial charge in [-0.3, -0.25) is 0 Å². The van der Waals surface area contributed by atoms with Gasteiger partial charge in [0, 0.05) is 11.8 Å². The highest BCUT2D eigenvalue weighted by atomic mass is 19.4. The molecule has 0 aliphatic heterocycles. The van der Waals surface area contributed by atoms with Gasteiger partial charge in [0.15, 0.2) is 5.82 Å². The van der Waals surface area contributed by atoms with E-state index in [4.69, 9.17) is 4.52 Å². The largest absolute Gasteiger partial charge is 0.573 e. The summed E-state index contributed by atoms with van der Waals surface area (Å²) in [6.45, 7) is 0. The van der Waals surface area contributed by atoms with Crippen LogP contribution in [-0.4, -0.2) is 16.5 Å². The Kier molecular flexibility index (Phi) is 2.92. The minimum Gasteiger partial charge on any atom is -0.405 e. The molecule has 2 atom stereocenters. The van der Waals surface area contributed by atoms with Gasteiger partial charge in [0.2, 0.25) is 5.89 Å². The van der Waals surface area contributed by atoms with Crippen molar-refractivity contribution in [1.29, 1.82) is 0 Å². The molecule has 116 valence electrons. The first-order chi connectivity index (χ1) is 10.5. The molecule has 1 heterocycles. The van der Waals surface area contributed by atoms with Crippen molar-refractivity contribution in [2.45, 2.75) is 43.4 Å². The average Bonchev–Trinajstić information content (AvgIpc) is 3.38. The lowest BCUT2D eigenvalue weighted by Gasteiger charge is -2.12. The van der Waals surface area contributed by atoms with Crippen LogP contribution in [0.1, 0.15) is 54.3 Å². The zero-order chi connectivity index (χ0) is 15.3. The Labute approximate surface area is 124 Å². The number of benzene rings is 1. The molecule has 2 saturated carbocycles. The summed E-state index contributed by atoms with van der Waals surface area (Å²) in [6.07, 6.45) is -1.83. The van der Waals surface area contributed by atoms with E-state index in [9.17, 15) is 13.2 Å². The molecule has 0 N–H and O–H groups in total. The lowest BCUT2D eigenvalue weighted by atomic mass is 10.1. The van der Waals surface area contributed by atoms with Crippen molar-refractivity contribution in [2.24, 2.45) is 0 Å². The van der Waals surface area contributed by atoms with Crippen molar-refractivity contribution in [3.8, 4) is 5.75 Å². The Morgan fingerprint density at radius 1 is 1.14 bits per heavy atom. The number of para-hydroxylation sites is 1. The van der Waals surface area contributed by atoms with Crippen molar-refractivity contribution < 1.29 is 22.4 Å². The molecule has 4 nitrogen and oxygen atoms in total. The van der Waals surface area contributed by atoms with Gasteiger partial charge >= 0.3 is 6.36 Å². The summed E-state index contributed by atoms with van der Waals surface area (Å²) in [7, 11) is 0. The summed E-state index contributed by atoms with van der Waals surface area (Å²) in [5.41, 5.74) is 0.538. The van der Waals surface area contributed by atoms with Gasteiger partial charge in [-0.25, -0.2) is 0 Å². The van der Waals surface area contributed by atoms with E-state index in [1.807, 2.05) is 0 Å². The zero-order valence-electron chi connectivity index (χ0n) is 11.5. The van der Waals surface area contributed by atoms with Gasteiger partial charge in [-0.15, -0.1) is 13.2 Å². The number of ether oxygens (including phenoxy) is 1. The molecular formula is C15H13F3N2O2. The molecule has 2 fully saturated rings. The summed E-state index contributed by atoms with van der Waals surface area (Å²) in [6, 6.07) is 6.22. The van der Waals surface area contributed by atoms with Crippen LogP contribution in [0.5, 0.6) is 5.75 Å². The van der Waals surface area contributed by atoms with Gasteiger partial charge in [-0.2, -0.15) is 4.98 Å². The SMILES string of the molecule is FC(F)(F)Oc1ccccc1C1CC1c1nc(C2CC2)no1. The van der Waals surface area contributed by atoms with Crippen LogP contribution in [0.25, 0.3) is 0 Å². The monoisotopic (exact) mass is 310 g/mol. The smallest absolute Gasteiger partial charge is 0.405 e. The average molecular weight is 310 g/mol. The fourth-order valence-corrected chi connectivity index (χ4v) is 2.72. The summed E-state index contributed by atoms with van der Waals surface area (Å²) in [5, 5.41) is 3.95. The molecule has 0 radical (unpaired) electrons. The molecule has 4 rings (SSSR count). The van der Waals surface area contributed by atoms with Crippen LogP contribution in [0.4, 0.5) is 13.2 Å². The summed E-state index contributed by atoms with van der Waals surface area (Å²) in [4.78, 5) is 4.37. The molecule has 0 spiro atoms. The number of rotatable bonds is 4. The van der Waals surface area contributed by atoms with E-state index in [0.29, 0.717) is 23.8 Å². The number of aromatic nitrogens is 2. The molecular weight excluding hydrogens is 297 g/mol. The van der Waals surface area contributed by atoms with Crippen LogP contribution in [0.2, 0.25) is 0 Å². The Bertz CT molecular complexity index is 694. The Hall–Kier alpha value is -2.05. The molecule has 2 aliphatic carbocycles. The summed E-state index contributed by atoms with van der Waals surface area (Å²) < 4.78 is 46.7. The Morgan fingerprint density at radius 3 is 2.64 bits per heavy atom. The second-order valence-electron chi connectivity index (χ2n) is 5.80. The highest BCUT2D eigenvalue weighted by Crippen LogP contribution is 2.56. The van der Waals surface area contributed by atoms with Gasteiger partial charge in [-0.05, 0) is 36.8 Å². The Morgan fingerprint density at radius 2 is 1.91 bits per heavy atom. The van der Waals surface area contributed by atoms with Crippen molar-refractivity contribution in [2.75, 3.05) is 0 Å². The molecule has 0 bridgehead atoms. The highest BCUT2D eigenvalue weighted by molar-refractivity contribution is 5.42. The van der Waals surface area contributed by atoms with Gasteiger partial charge in [-0.1, -0.05) is 23.4 Å². The first kappa shape index (κ1) is 13.6. The highest BCUT2D eigenvalue weighted by Gasteiger charge is 2.46. The van der Waals surface area contributed by atoms with E-state index in [2.05, 4.69) is 14.9 Å². The minimum atomic E-state index is -4.69. The van der Waals surface area contributed by atoms with Gasteiger partial charge in [0.05, 0.1) is 0 Å². The topological polar surface area (TPSA) is 48.2 Å². The second-order valence-corrected chi connectivity index (χ2v) is 5.80. The van der Waals surface area contributed by atoms with E-state index in [1.165, 1.54) is 12.1 Å². The van der Waals surface area contributed by atoms with Crippen LogP contribution < -0.4 is 4.74 Å². The third kappa shape index (κ3) is 2.67. The first-order valence-electron chi connectivity index (χ1n) is 7.19. The number of alkyl halides is 3. The second kappa shape index (κ2) is 4.72.